The molecule has 2 fully saturated rings. The Bertz CT molecular complexity index is 242. The molecule has 1 amide bonds. The van der Waals surface area contributed by atoms with Gasteiger partial charge in [-0.15, -0.1) is 0 Å². The van der Waals surface area contributed by atoms with Gasteiger partial charge in [0, 0.05) is 24.5 Å². The van der Waals surface area contributed by atoms with Gasteiger partial charge in [0.1, 0.15) is 0 Å². The first kappa shape index (κ1) is 10.9. The second-order valence-corrected chi connectivity index (χ2v) is 5.29. The number of amides is 1. The Balaban J connectivity index is 2.02. The molecule has 0 aromatic heterocycles. The minimum absolute atomic E-state index is 0.0717. The van der Waals surface area contributed by atoms with E-state index in [4.69, 9.17) is 5.73 Å². The number of hydrogen-bond donors (Lipinski definition) is 1. The van der Waals surface area contributed by atoms with Crippen molar-refractivity contribution in [3.63, 3.8) is 0 Å². The van der Waals surface area contributed by atoms with E-state index in [1.807, 2.05) is 4.90 Å². The highest BCUT2D eigenvalue weighted by Gasteiger charge is 2.43. The maximum atomic E-state index is 12.4. The van der Waals surface area contributed by atoms with Gasteiger partial charge in [-0.2, -0.15) is 0 Å². The van der Waals surface area contributed by atoms with Crippen LogP contribution in [-0.2, 0) is 4.79 Å². The molecular weight excluding hydrogens is 188 g/mol. The van der Waals surface area contributed by atoms with Crippen molar-refractivity contribution in [3.8, 4) is 0 Å². The summed E-state index contributed by atoms with van der Waals surface area (Å²) in [6.07, 6.45) is 6.93. The molecule has 0 saturated heterocycles. The lowest BCUT2D eigenvalue weighted by atomic mass is 9.87. The Morgan fingerprint density at radius 3 is 2.47 bits per heavy atom. The third-order valence-electron chi connectivity index (χ3n) is 3.84. The summed E-state index contributed by atoms with van der Waals surface area (Å²) in [7, 11) is 0. The van der Waals surface area contributed by atoms with Gasteiger partial charge in [0.2, 0.25) is 5.91 Å². The van der Waals surface area contributed by atoms with E-state index in [0.717, 1.165) is 19.4 Å². The zero-order valence-electron chi connectivity index (χ0n) is 9.67. The van der Waals surface area contributed by atoms with Crippen LogP contribution in [0.3, 0.4) is 0 Å². The molecule has 0 aromatic carbocycles. The predicted molar refractivity (Wildman–Crippen MR) is 60.4 cm³/mol. The Hall–Kier alpha value is -0.570. The maximum Gasteiger partial charge on any atom is 0.228 e. The normalized spacial score (nSPS) is 24.1. The standard InChI is InChI=1S/C12H22N2O/c1-12(6-2-3-7-12)11(15)14(9-8-13)10-4-5-10/h10H,2-9,13H2,1H3. The smallest absolute Gasteiger partial charge is 0.228 e. The van der Waals surface area contributed by atoms with E-state index in [2.05, 4.69) is 6.92 Å². The minimum Gasteiger partial charge on any atom is -0.338 e. The Morgan fingerprint density at radius 1 is 1.40 bits per heavy atom. The van der Waals surface area contributed by atoms with Crippen molar-refractivity contribution in [2.45, 2.75) is 51.5 Å². The molecule has 3 heteroatoms. The highest BCUT2D eigenvalue weighted by Crippen LogP contribution is 2.41. The quantitative estimate of drug-likeness (QED) is 0.764. The fraction of sp³-hybridized carbons (Fsp3) is 0.917. The van der Waals surface area contributed by atoms with Gasteiger partial charge in [-0.1, -0.05) is 19.8 Å². The number of carbonyl (C=O) groups excluding carboxylic acids is 1. The van der Waals surface area contributed by atoms with E-state index in [0.29, 0.717) is 18.5 Å². The highest BCUT2D eigenvalue weighted by atomic mass is 16.2. The monoisotopic (exact) mass is 210 g/mol. The molecular formula is C12H22N2O. The molecule has 86 valence electrons. The molecule has 0 spiro atoms. The average Bonchev–Trinajstić information content (AvgIpc) is 2.97. The van der Waals surface area contributed by atoms with Gasteiger partial charge in [-0.3, -0.25) is 4.79 Å². The summed E-state index contributed by atoms with van der Waals surface area (Å²) in [6.45, 7) is 3.48. The van der Waals surface area contributed by atoms with Crippen LogP contribution in [0, 0.1) is 5.41 Å². The lowest BCUT2D eigenvalue weighted by Crippen LogP contribution is -2.44. The first-order chi connectivity index (χ1) is 7.17. The zero-order chi connectivity index (χ0) is 10.9. The average molecular weight is 210 g/mol. The summed E-state index contributed by atoms with van der Waals surface area (Å²) in [4.78, 5) is 14.5. The van der Waals surface area contributed by atoms with Crippen LogP contribution < -0.4 is 5.73 Å². The van der Waals surface area contributed by atoms with Gasteiger partial charge in [0.15, 0.2) is 0 Å². The third-order valence-corrected chi connectivity index (χ3v) is 3.84. The number of hydrogen-bond acceptors (Lipinski definition) is 2. The van der Waals surface area contributed by atoms with Gasteiger partial charge >= 0.3 is 0 Å². The first-order valence-electron chi connectivity index (χ1n) is 6.18. The number of rotatable bonds is 4. The number of nitrogens with zero attached hydrogens (tertiary/aromatic N) is 1. The largest absolute Gasteiger partial charge is 0.338 e. The summed E-state index contributed by atoms with van der Waals surface area (Å²) in [5, 5.41) is 0. The predicted octanol–water partition coefficient (Wildman–Crippen LogP) is 1.52. The molecule has 0 radical (unpaired) electrons. The second-order valence-electron chi connectivity index (χ2n) is 5.29. The first-order valence-corrected chi connectivity index (χ1v) is 6.18. The molecule has 0 aliphatic heterocycles. The lowest BCUT2D eigenvalue weighted by molar-refractivity contribution is -0.141. The van der Waals surface area contributed by atoms with Gasteiger partial charge in [0.05, 0.1) is 0 Å². The molecule has 2 N–H and O–H groups in total. The van der Waals surface area contributed by atoms with Crippen LogP contribution in [-0.4, -0.2) is 29.9 Å². The van der Waals surface area contributed by atoms with Crippen LogP contribution in [0.5, 0.6) is 0 Å². The summed E-state index contributed by atoms with van der Waals surface area (Å²) < 4.78 is 0. The molecule has 15 heavy (non-hydrogen) atoms. The Morgan fingerprint density at radius 2 is 2.00 bits per heavy atom. The van der Waals surface area contributed by atoms with Crippen LogP contribution in [0.4, 0.5) is 0 Å². The van der Waals surface area contributed by atoms with Gasteiger partial charge < -0.3 is 10.6 Å². The molecule has 3 nitrogen and oxygen atoms in total. The fourth-order valence-electron chi connectivity index (χ4n) is 2.69. The van der Waals surface area contributed by atoms with E-state index in [1.165, 1.54) is 25.7 Å². The van der Waals surface area contributed by atoms with Crippen molar-refractivity contribution < 1.29 is 4.79 Å². The van der Waals surface area contributed by atoms with Crippen molar-refractivity contribution in [1.82, 2.24) is 4.90 Å². The van der Waals surface area contributed by atoms with Gasteiger partial charge in [0.25, 0.3) is 0 Å². The van der Waals surface area contributed by atoms with E-state index < -0.39 is 0 Å². The van der Waals surface area contributed by atoms with Crippen molar-refractivity contribution in [2.75, 3.05) is 13.1 Å². The summed E-state index contributed by atoms with van der Waals surface area (Å²) in [5.74, 6) is 0.368. The van der Waals surface area contributed by atoms with E-state index >= 15 is 0 Å². The molecule has 0 unspecified atom stereocenters. The molecule has 0 heterocycles. The zero-order valence-corrected chi connectivity index (χ0v) is 9.67. The Kier molecular flexibility index (Phi) is 3.01. The molecule has 0 aromatic rings. The molecule has 0 bridgehead atoms. The summed E-state index contributed by atoms with van der Waals surface area (Å²) in [5.41, 5.74) is 5.51. The van der Waals surface area contributed by atoms with Crippen molar-refractivity contribution in [1.29, 1.82) is 0 Å². The molecule has 2 aliphatic carbocycles. The van der Waals surface area contributed by atoms with Crippen LogP contribution in [0.2, 0.25) is 0 Å². The number of nitrogens with two attached hydrogens (primary N) is 1. The van der Waals surface area contributed by atoms with Crippen molar-refractivity contribution >= 4 is 5.91 Å². The van der Waals surface area contributed by atoms with Crippen LogP contribution >= 0.6 is 0 Å². The van der Waals surface area contributed by atoms with E-state index in [9.17, 15) is 4.79 Å². The van der Waals surface area contributed by atoms with E-state index in [1.54, 1.807) is 0 Å². The lowest BCUT2D eigenvalue weighted by Gasteiger charge is -2.31. The second kappa shape index (κ2) is 4.12. The SMILES string of the molecule is CC1(C(=O)N(CCN)C2CC2)CCCC1. The maximum absolute atomic E-state index is 12.4. The van der Waals surface area contributed by atoms with E-state index in [-0.39, 0.29) is 5.41 Å². The fourth-order valence-corrected chi connectivity index (χ4v) is 2.69. The molecule has 0 atom stereocenters. The topological polar surface area (TPSA) is 46.3 Å². The van der Waals surface area contributed by atoms with Crippen LogP contribution in [0.15, 0.2) is 0 Å². The van der Waals surface area contributed by atoms with Crippen molar-refractivity contribution in [2.24, 2.45) is 11.1 Å². The van der Waals surface area contributed by atoms with Crippen molar-refractivity contribution in [3.05, 3.63) is 0 Å². The van der Waals surface area contributed by atoms with Crippen LogP contribution in [0.1, 0.15) is 45.4 Å². The highest BCUT2D eigenvalue weighted by molar-refractivity contribution is 5.83. The van der Waals surface area contributed by atoms with Gasteiger partial charge in [-0.25, -0.2) is 0 Å². The summed E-state index contributed by atoms with van der Waals surface area (Å²) in [6, 6.07) is 0.512. The third kappa shape index (κ3) is 2.17. The van der Waals surface area contributed by atoms with Crippen LogP contribution in [0.25, 0.3) is 0 Å². The minimum atomic E-state index is -0.0717. The summed E-state index contributed by atoms with van der Waals surface area (Å²) >= 11 is 0. The Labute approximate surface area is 92.0 Å². The van der Waals surface area contributed by atoms with Gasteiger partial charge in [-0.05, 0) is 25.7 Å². The molecule has 2 aliphatic rings. The molecule has 2 saturated carbocycles. The number of carbonyl (C=O) groups is 1. The molecule has 2 rings (SSSR count).